The monoisotopic (exact) mass is 1290 g/mol. The lowest BCUT2D eigenvalue weighted by atomic mass is 9.77. The summed E-state index contributed by atoms with van der Waals surface area (Å²) in [6, 6.07) is 21.3. The smallest absolute Gasteiger partial charge is 0.352 e. The summed E-state index contributed by atoms with van der Waals surface area (Å²) in [5.74, 6) is -3.12. The highest BCUT2D eigenvalue weighted by Gasteiger charge is 2.57. The molecule has 6 aliphatic heterocycles. The van der Waals surface area contributed by atoms with Crippen LogP contribution in [-0.4, -0.2) is 88.8 Å². The van der Waals surface area contributed by atoms with E-state index in [1.165, 1.54) is 52.7 Å². The molecule has 6 aromatic carbocycles. The zero-order chi connectivity index (χ0) is 51.2. The summed E-state index contributed by atoms with van der Waals surface area (Å²) >= 11 is 17.3. The Labute approximate surface area is 457 Å². The number of β-lactam (4-membered cyclic amide) rings is 1. The van der Waals surface area contributed by atoms with E-state index in [2.05, 4.69) is 69.0 Å². The van der Waals surface area contributed by atoms with Gasteiger partial charge >= 0.3 is 17.9 Å². The first kappa shape index (κ1) is 48.1. The molecule has 6 aliphatic rings. The van der Waals surface area contributed by atoms with Gasteiger partial charge in [-0.05, 0) is 130 Å². The van der Waals surface area contributed by atoms with Crippen molar-refractivity contribution in [3.63, 3.8) is 0 Å². The van der Waals surface area contributed by atoms with Gasteiger partial charge in [0.25, 0.3) is 5.91 Å². The van der Waals surface area contributed by atoms with Crippen molar-refractivity contribution in [3.8, 4) is 46.0 Å². The van der Waals surface area contributed by atoms with Crippen LogP contribution in [0.3, 0.4) is 0 Å². The number of benzene rings is 6. The fourth-order valence-electron chi connectivity index (χ4n) is 9.99. The van der Waals surface area contributed by atoms with E-state index >= 15 is 0 Å². The molecule has 368 valence electrons. The number of amides is 2. The number of halogens is 4. The summed E-state index contributed by atoms with van der Waals surface area (Å²) in [6.07, 6.45) is 0. The summed E-state index contributed by atoms with van der Waals surface area (Å²) in [4.78, 5) is 69.8. The Hall–Kier alpha value is -5.82. The number of nitrogens with zero attached hydrogens (tertiary/aromatic N) is 1. The number of phenolic OH excluding ortho intramolecular Hbond substituents is 4. The van der Waals surface area contributed by atoms with Crippen LogP contribution >= 0.6 is 99.0 Å². The van der Waals surface area contributed by atoms with Crippen LogP contribution in [-0.2, 0) is 35.1 Å². The van der Waals surface area contributed by atoms with Crippen molar-refractivity contribution in [1.82, 2.24) is 10.2 Å². The SMILES string of the molecule is O=C(CSc1ccc2c(c1)C(=O)OC21c2ccc(O)cc2Oc2cc(O)ccc21)NC1C(=O)N2C(C(=O)O)=C(CSc3ccc4c(c3)C(=O)OC43c4cc(Br)c(O)c(Br)c4Oc4c3cc(Br)c(O)c4Br)CSC12. The number of esters is 2. The quantitative estimate of drug-likeness (QED) is 0.0472. The zero-order valence-electron chi connectivity index (χ0n) is 36.5. The molecule has 2 unspecified atom stereocenters. The molecule has 2 spiro atoms. The van der Waals surface area contributed by atoms with E-state index in [-0.39, 0.29) is 89.0 Å². The van der Waals surface area contributed by atoms with Crippen LogP contribution in [0.4, 0.5) is 0 Å². The Morgan fingerprint density at radius 2 is 1.18 bits per heavy atom. The zero-order valence-corrected chi connectivity index (χ0v) is 45.2. The number of aliphatic carboxylic acids is 1. The molecule has 0 bridgehead atoms. The van der Waals surface area contributed by atoms with E-state index < -0.39 is 52.3 Å². The number of phenols is 4. The summed E-state index contributed by atoms with van der Waals surface area (Å²) in [5, 5.41) is 54.6. The number of hydrogen-bond acceptors (Lipinski definition) is 16. The number of fused-ring (bicyclic) bond motifs is 13. The van der Waals surface area contributed by atoms with Gasteiger partial charge in [0.2, 0.25) is 5.91 Å². The number of thioether (sulfide) groups is 3. The second kappa shape index (κ2) is 17.4. The first-order valence-corrected chi connectivity index (χ1v) is 27.8. The number of rotatable bonds is 8. The predicted molar refractivity (Wildman–Crippen MR) is 278 cm³/mol. The van der Waals surface area contributed by atoms with Crippen molar-refractivity contribution in [3.05, 3.63) is 159 Å². The predicted octanol–water partition coefficient (Wildman–Crippen LogP) is 10.3. The first-order valence-electron chi connectivity index (χ1n) is 21.6. The Kier molecular flexibility index (Phi) is 11.5. The van der Waals surface area contributed by atoms with E-state index in [1.54, 1.807) is 60.7 Å². The van der Waals surface area contributed by atoms with Crippen LogP contribution < -0.4 is 14.8 Å². The molecule has 12 rings (SSSR count). The topological polar surface area (TPSA) is 239 Å². The highest BCUT2D eigenvalue weighted by atomic mass is 79.9. The highest BCUT2D eigenvalue weighted by Crippen LogP contribution is 2.63. The van der Waals surface area contributed by atoms with Crippen molar-refractivity contribution in [2.75, 3.05) is 17.3 Å². The van der Waals surface area contributed by atoms with Crippen LogP contribution in [0.2, 0.25) is 0 Å². The van der Waals surface area contributed by atoms with Gasteiger partial charge in [-0.3, -0.25) is 14.5 Å². The van der Waals surface area contributed by atoms with Crippen molar-refractivity contribution in [2.24, 2.45) is 0 Å². The van der Waals surface area contributed by atoms with Crippen molar-refractivity contribution in [1.29, 1.82) is 0 Å². The molecular formula is C50H28Br4N2O14S3. The summed E-state index contributed by atoms with van der Waals surface area (Å²) in [6.45, 7) is 0. The van der Waals surface area contributed by atoms with Crippen molar-refractivity contribution >= 4 is 129 Å². The summed E-state index contributed by atoms with van der Waals surface area (Å²) in [5.41, 5.74) is 0.345. The number of carbonyl (C=O) groups is 5. The fourth-order valence-corrected chi connectivity index (χ4v) is 15.6. The van der Waals surface area contributed by atoms with Gasteiger partial charge in [0.15, 0.2) is 22.7 Å². The molecule has 0 aliphatic carbocycles. The van der Waals surface area contributed by atoms with Gasteiger partial charge in [-0.1, -0.05) is 12.1 Å². The minimum Gasteiger partial charge on any atom is -0.508 e. The molecule has 1 fully saturated rings. The molecule has 6 aromatic rings. The normalized spacial score (nSPS) is 18.7. The fraction of sp³-hybridized carbons (Fsp3) is 0.140. The summed E-state index contributed by atoms with van der Waals surface area (Å²) < 4.78 is 25.7. The number of carboxylic acids is 1. The molecule has 6 heterocycles. The van der Waals surface area contributed by atoms with E-state index in [9.17, 15) is 49.5 Å². The minimum absolute atomic E-state index is 0.0721. The average molecular weight is 1300 g/mol. The maximum atomic E-state index is 13.9. The number of carbonyl (C=O) groups excluding carboxylic acids is 4. The number of carboxylic acid groups (broad SMARTS) is 1. The molecule has 23 heteroatoms. The third-order valence-electron chi connectivity index (χ3n) is 13.2. The van der Waals surface area contributed by atoms with E-state index in [0.29, 0.717) is 57.7 Å². The van der Waals surface area contributed by atoms with Crippen molar-refractivity contribution in [2.45, 2.75) is 32.4 Å². The van der Waals surface area contributed by atoms with Gasteiger partial charge in [-0.15, -0.1) is 35.3 Å². The van der Waals surface area contributed by atoms with Gasteiger partial charge in [0.05, 0.1) is 37.0 Å². The molecule has 0 radical (unpaired) electrons. The van der Waals surface area contributed by atoms with Crippen LogP contribution in [0.15, 0.2) is 124 Å². The highest BCUT2D eigenvalue weighted by molar-refractivity contribution is 9.11. The lowest BCUT2D eigenvalue weighted by Gasteiger charge is -2.49. The molecule has 0 aromatic heterocycles. The van der Waals surface area contributed by atoms with Crippen LogP contribution in [0.25, 0.3) is 0 Å². The largest absolute Gasteiger partial charge is 0.508 e. The number of ether oxygens (including phenoxy) is 4. The Balaban J connectivity index is 0.746. The van der Waals surface area contributed by atoms with E-state index in [0.717, 1.165) is 11.8 Å². The molecule has 1 saturated heterocycles. The third kappa shape index (κ3) is 7.16. The van der Waals surface area contributed by atoms with E-state index in [4.69, 9.17) is 18.9 Å². The minimum atomic E-state index is -1.60. The summed E-state index contributed by atoms with van der Waals surface area (Å²) in [7, 11) is 0. The molecule has 16 nitrogen and oxygen atoms in total. The molecule has 2 atom stereocenters. The Bertz CT molecular complexity index is 3510. The second-order valence-corrected chi connectivity index (χ2v) is 23.7. The number of aromatic hydroxyl groups is 4. The lowest BCUT2D eigenvalue weighted by molar-refractivity contribution is -0.150. The molecule has 0 saturated carbocycles. The first-order chi connectivity index (χ1) is 34.9. The standard InChI is InChI=1S/C50H28Br4N2O14S3/c51-31-13-29-42(36(53)40(31)60)68-43-30(14-32(52)41(61)37(43)54)50(29)26-8-3-21(11-24(26)48(66)70-50)71-15-18-16-73-45-38(44(62)56(45)39(18)46(63)64)55-35(59)17-72-22-4-7-25-23(12-22)47(65)69-49(25)27-5-1-19(57)9-33(27)67-34-10-20(58)2-6-28(34)49/h1-14,38,45,57-58,60-61H,15-17H2,(H,55,59)(H,63,64). The molecule has 2 amide bonds. The third-order valence-corrected chi connectivity index (χ3v) is 19.3. The number of nitrogens with one attached hydrogen (secondary N) is 1. The Morgan fingerprint density at radius 1 is 0.671 bits per heavy atom. The van der Waals surface area contributed by atoms with Crippen LogP contribution in [0.1, 0.15) is 54.1 Å². The molecule has 6 N–H and O–H groups in total. The Morgan fingerprint density at radius 3 is 1.71 bits per heavy atom. The number of hydrogen-bond donors (Lipinski definition) is 6. The van der Waals surface area contributed by atoms with E-state index in [1.807, 2.05) is 0 Å². The van der Waals surface area contributed by atoms with Crippen LogP contribution in [0, 0.1) is 0 Å². The average Bonchev–Trinajstić information content (AvgIpc) is 3.82. The molecule has 73 heavy (non-hydrogen) atoms. The van der Waals surface area contributed by atoms with Crippen molar-refractivity contribution < 1.29 is 68.5 Å². The van der Waals surface area contributed by atoms with Crippen LogP contribution in [0.5, 0.6) is 46.0 Å². The van der Waals surface area contributed by atoms with Gasteiger partial charge in [0.1, 0.15) is 60.6 Å². The van der Waals surface area contributed by atoms with Gasteiger partial charge in [-0.2, -0.15) is 0 Å². The van der Waals surface area contributed by atoms with Gasteiger partial charge < -0.3 is 49.8 Å². The van der Waals surface area contributed by atoms with Gasteiger partial charge in [-0.25, -0.2) is 14.4 Å². The lowest BCUT2D eigenvalue weighted by Crippen LogP contribution is -2.70. The second-order valence-electron chi connectivity index (χ2n) is 17.2. The van der Waals surface area contributed by atoms with Gasteiger partial charge in [0, 0.05) is 55.7 Å². The maximum absolute atomic E-state index is 13.9. The molecular weight excluding hydrogens is 1270 g/mol. The maximum Gasteiger partial charge on any atom is 0.352 e.